The van der Waals surface area contributed by atoms with Crippen LogP contribution >= 0.6 is 0 Å². The summed E-state index contributed by atoms with van der Waals surface area (Å²) in [5.41, 5.74) is 2.87. The van der Waals surface area contributed by atoms with Crippen LogP contribution in [0.3, 0.4) is 0 Å². The maximum absolute atomic E-state index is 13.2. The molecule has 3 aromatic rings. The van der Waals surface area contributed by atoms with Crippen LogP contribution in [0.2, 0.25) is 0 Å². The molecule has 1 heterocycles. The Kier molecular flexibility index (Phi) is 4.57. The van der Waals surface area contributed by atoms with E-state index in [2.05, 4.69) is 11.8 Å². The third-order valence-electron chi connectivity index (χ3n) is 4.63. The molecular formula is C23H19NO2S. The number of nitrogens with zero attached hydrogens (tertiary/aromatic N) is 1. The SMILES string of the molecule is Cc1ccc(S(=O)(=O)N2[C@H](c3ccccc3)[C@@H]2C#Cc2ccccc2)cc1. The Morgan fingerprint density at radius 1 is 0.815 bits per heavy atom. The first kappa shape index (κ1) is 17.5. The maximum Gasteiger partial charge on any atom is 0.244 e. The lowest BCUT2D eigenvalue weighted by Crippen LogP contribution is -2.14. The summed E-state index contributed by atoms with van der Waals surface area (Å²) in [5, 5.41) is 0. The summed E-state index contributed by atoms with van der Waals surface area (Å²) in [6.45, 7) is 1.94. The second kappa shape index (κ2) is 7.03. The molecule has 4 rings (SSSR count). The minimum atomic E-state index is -3.60. The topological polar surface area (TPSA) is 37.1 Å². The first-order valence-electron chi connectivity index (χ1n) is 8.79. The molecule has 0 amide bonds. The van der Waals surface area contributed by atoms with Crippen LogP contribution in [0.5, 0.6) is 0 Å². The zero-order chi connectivity index (χ0) is 18.9. The molecule has 1 aliphatic rings. The lowest BCUT2D eigenvalue weighted by Gasteiger charge is -2.06. The number of benzene rings is 3. The van der Waals surface area contributed by atoms with Gasteiger partial charge in [0.25, 0.3) is 0 Å². The lowest BCUT2D eigenvalue weighted by atomic mass is 10.1. The maximum atomic E-state index is 13.2. The average molecular weight is 373 g/mol. The smallest absolute Gasteiger partial charge is 0.207 e. The number of rotatable bonds is 3. The van der Waals surface area contributed by atoms with Crippen molar-refractivity contribution in [2.75, 3.05) is 0 Å². The van der Waals surface area contributed by atoms with Crippen molar-refractivity contribution in [3.63, 3.8) is 0 Å². The fourth-order valence-electron chi connectivity index (χ4n) is 3.14. The summed E-state index contributed by atoms with van der Waals surface area (Å²) >= 11 is 0. The van der Waals surface area contributed by atoms with Crippen LogP contribution in [0.25, 0.3) is 0 Å². The van der Waals surface area contributed by atoms with Gasteiger partial charge in [0, 0.05) is 5.56 Å². The predicted molar refractivity (Wildman–Crippen MR) is 106 cm³/mol. The minimum Gasteiger partial charge on any atom is -0.207 e. The van der Waals surface area contributed by atoms with Crippen molar-refractivity contribution in [2.45, 2.75) is 23.9 Å². The Hall–Kier alpha value is -2.87. The van der Waals surface area contributed by atoms with Crippen LogP contribution in [0.4, 0.5) is 0 Å². The Morgan fingerprint density at radius 2 is 1.41 bits per heavy atom. The molecular weight excluding hydrogens is 354 g/mol. The second-order valence-electron chi connectivity index (χ2n) is 6.58. The molecule has 0 N–H and O–H groups in total. The van der Waals surface area contributed by atoms with Crippen LogP contribution < -0.4 is 0 Å². The van der Waals surface area contributed by atoms with Gasteiger partial charge in [-0.25, -0.2) is 8.42 Å². The second-order valence-corrected chi connectivity index (χ2v) is 8.43. The Balaban J connectivity index is 1.70. The van der Waals surface area contributed by atoms with Gasteiger partial charge in [-0.2, -0.15) is 4.31 Å². The molecule has 0 bridgehead atoms. The van der Waals surface area contributed by atoms with Crippen molar-refractivity contribution in [3.8, 4) is 11.8 Å². The average Bonchev–Trinajstić information content (AvgIpc) is 3.44. The third kappa shape index (κ3) is 3.52. The highest BCUT2D eigenvalue weighted by atomic mass is 32.2. The quantitative estimate of drug-likeness (QED) is 0.511. The molecule has 1 fully saturated rings. The Labute approximate surface area is 160 Å². The highest BCUT2D eigenvalue weighted by Crippen LogP contribution is 2.47. The molecule has 0 radical (unpaired) electrons. The highest BCUT2D eigenvalue weighted by molar-refractivity contribution is 7.89. The normalized spacial score (nSPS) is 21.1. The molecule has 1 aliphatic heterocycles. The van der Waals surface area contributed by atoms with E-state index in [9.17, 15) is 8.42 Å². The minimum absolute atomic E-state index is 0.256. The van der Waals surface area contributed by atoms with E-state index in [0.717, 1.165) is 16.7 Å². The molecule has 0 saturated carbocycles. The molecule has 3 aromatic carbocycles. The van der Waals surface area contributed by atoms with E-state index in [1.807, 2.05) is 79.7 Å². The Morgan fingerprint density at radius 3 is 2.04 bits per heavy atom. The number of hydrogen-bond donors (Lipinski definition) is 0. The molecule has 1 unspecified atom stereocenters. The molecule has 0 spiro atoms. The van der Waals surface area contributed by atoms with Gasteiger partial charge in [0.05, 0.1) is 10.9 Å². The van der Waals surface area contributed by atoms with Crippen molar-refractivity contribution >= 4 is 10.0 Å². The zero-order valence-corrected chi connectivity index (χ0v) is 15.7. The van der Waals surface area contributed by atoms with Gasteiger partial charge in [-0.15, -0.1) is 0 Å². The van der Waals surface area contributed by atoms with Gasteiger partial charge < -0.3 is 0 Å². The standard InChI is InChI=1S/C23H19NO2S/c1-18-12-15-21(16-13-18)27(25,26)24-22(17-14-19-8-4-2-5-9-19)23(24)20-10-6-3-7-11-20/h2-13,15-16,22-23H,1H3/t22-,23+,24?/m0/s1. The van der Waals surface area contributed by atoms with Gasteiger partial charge in [0.15, 0.2) is 0 Å². The van der Waals surface area contributed by atoms with Crippen molar-refractivity contribution in [1.29, 1.82) is 0 Å². The largest absolute Gasteiger partial charge is 0.244 e. The molecule has 134 valence electrons. The van der Waals surface area contributed by atoms with Crippen LogP contribution in [0.1, 0.15) is 22.7 Å². The van der Waals surface area contributed by atoms with Gasteiger partial charge in [-0.1, -0.05) is 78.1 Å². The molecule has 0 aromatic heterocycles. The van der Waals surface area contributed by atoms with E-state index in [4.69, 9.17) is 0 Å². The fraction of sp³-hybridized carbons (Fsp3) is 0.130. The first-order chi connectivity index (χ1) is 13.1. The first-order valence-corrected chi connectivity index (χ1v) is 10.2. The van der Waals surface area contributed by atoms with Gasteiger partial charge in [0.1, 0.15) is 6.04 Å². The molecule has 3 atom stereocenters. The van der Waals surface area contributed by atoms with E-state index in [1.165, 1.54) is 4.31 Å². The van der Waals surface area contributed by atoms with Crippen LogP contribution in [-0.4, -0.2) is 18.8 Å². The molecule has 3 nitrogen and oxygen atoms in total. The molecule has 27 heavy (non-hydrogen) atoms. The number of aryl methyl sites for hydroxylation is 1. The third-order valence-corrected chi connectivity index (χ3v) is 6.51. The molecule has 4 heteroatoms. The van der Waals surface area contributed by atoms with Gasteiger partial charge in [0.2, 0.25) is 10.0 Å². The zero-order valence-electron chi connectivity index (χ0n) is 14.9. The fourth-order valence-corrected chi connectivity index (χ4v) is 4.82. The van der Waals surface area contributed by atoms with Crippen molar-refractivity contribution in [2.24, 2.45) is 0 Å². The summed E-state index contributed by atoms with van der Waals surface area (Å²) in [6.07, 6.45) is 0. The van der Waals surface area contributed by atoms with Gasteiger partial charge in [-0.3, -0.25) is 0 Å². The number of sulfonamides is 1. The summed E-state index contributed by atoms with van der Waals surface area (Å²) in [4.78, 5) is 0.304. The van der Waals surface area contributed by atoms with Gasteiger partial charge >= 0.3 is 0 Å². The monoisotopic (exact) mass is 373 g/mol. The van der Waals surface area contributed by atoms with E-state index < -0.39 is 10.0 Å². The van der Waals surface area contributed by atoms with E-state index in [1.54, 1.807) is 12.1 Å². The molecule has 1 saturated heterocycles. The van der Waals surface area contributed by atoms with Crippen LogP contribution in [0.15, 0.2) is 89.8 Å². The predicted octanol–water partition coefficient (Wildman–Crippen LogP) is 4.16. The van der Waals surface area contributed by atoms with E-state index in [0.29, 0.717) is 4.90 Å². The Bertz CT molecular complexity index is 1100. The lowest BCUT2D eigenvalue weighted by molar-refractivity contribution is 0.551. The van der Waals surface area contributed by atoms with E-state index >= 15 is 0 Å². The van der Waals surface area contributed by atoms with Gasteiger partial charge in [-0.05, 0) is 36.8 Å². The van der Waals surface area contributed by atoms with Crippen molar-refractivity contribution < 1.29 is 8.42 Å². The highest BCUT2D eigenvalue weighted by Gasteiger charge is 2.55. The summed E-state index contributed by atoms with van der Waals surface area (Å²) in [5.74, 6) is 6.27. The van der Waals surface area contributed by atoms with Crippen molar-refractivity contribution in [1.82, 2.24) is 4.31 Å². The number of hydrogen-bond acceptors (Lipinski definition) is 2. The van der Waals surface area contributed by atoms with E-state index in [-0.39, 0.29) is 12.1 Å². The van der Waals surface area contributed by atoms with Crippen molar-refractivity contribution in [3.05, 3.63) is 102 Å². The summed E-state index contributed by atoms with van der Waals surface area (Å²) in [7, 11) is -3.60. The summed E-state index contributed by atoms with van der Waals surface area (Å²) in [6, 6.07) is 25.6. The van der Waals surface area contributed by atoms with Crippen LogP contribution in [-0.2, 0) is 10.0 Å². The van der Waals surface area contributed by atoms with Crippen LogP contribution in [0, 0.1) is 18.8 Å². The summed E-state index contributed by atoms with van der Waals surface area (Å²) < 4.78 is 27.8. The molecule has 0 aliphatic carbocycles.